The Hall–Kier alpha value is -9.65. The molecule has 0 bridgehead atoms. The van der Waals surface area contributed by atoms with Gasteiger partial charge >= 0.3 is 0 Å². The van der Waals surface area contributed by atoms with E-state index in [2.05, 4.69) is 287 Å². The molecule has 15 rings (SSSR count). The number of anilines is 12. The summed E-state index contributed by atoms with van der Waals surface area (Å²) in [4.78, 5) is 9.61. The van der Waals surface area contributed by atoms with Gasteiger partial charge < -0.3 is 29.1 Å². The van der Waals surface area contributed by atoms with Crippen LogP contribution in [0.4, 0.5) is 68.2 Å². The molecule has 11 aromatic carbocycles. The first-order valence-electron chi connectivity index (χ1n) is 25.3. The van der Waals surface area contributed by atoms with Gasteiger partial charge in [0.15, 0.2) is 0 Å². The van der Waals surface area contributed by atoms with Crippen molar-refractivity contribution in [2.75, 3.05) is 19.6 Å². The van der Waals surface area contributed by atoms with Gasteiger partial charge in [-0.2, -0.15) is 0 Å². The van der Waals surface area contributed by atoms with Crippen molar-refractivity contribution in [2.45, 2.75) is 0 Å². The first-order chi connectivity index (χ1) is 36.7. The molecule has 74 heavy (non-hydrogen) atoms. The second-order valence-corrected chi connectivity index (χ2v) is 19.2. The highest BCUT2D eigenvalue weighted by atomic mass is 16.5. The van der Waals surface area contributed by atoms with E-state index in [4.69, 9.17) is 9.47 Å². The van der Waals surface area contributed by atoms with Gasteiger partial charge in [-0.1, -0.05) is 152 Å². The lowest BCUT2D eigenvalue weighted by Crippen LogP contribution is -2.63. The molecule has 0 saturated heterocycles. The zero-order valence-corrected chi connectivity index (χ0v) is 40.2. The van der Waals surface area contributed by atoms with Crippen molar-refractivity contribution in [1.29, 1.82) is 0 Å². The van der Waals surface area contributed by atoms with Crippen LogP contribution < -0.4 is 61.9 Å². The molecule has 0 N–H and O–H groups in total. The highest BCUT2D eigenvalue weighted by Gasteiger charge is 2.47. The van der Waals surface area contributed by atoms with E-state index in [9.17, 15) is 0 Å². The lowest BCUT2D eigenvalue weighted by atomic mass is 9.31. The Labute approximate surface area is 431 Å². The maximum atomic E-state index is 7.42. The highest BCUT2D eigenvalue weighted by molar-refractivity contribution is 7.02. The summed E-state index contributed by atoms with van der Waals surface area (Å²) in [5.74, 6) is 3.23. The highest BCUT2D eigenvalue weighted by Crippen LogP contribution is 2.50. The lowest BCUT2D eigenvalue weighted by molar-refractivity contribution is 0.465. The molecule has 0 unspecified atom stereocenters. The number of para-hydroxylation sites is 8. The fourth-order valence-corrected chi connectivity index (χ4v) is 12.0. The minimum Gasteiger partial charge on any atom is -0.458 e. The van der Waals surface area contributed by atoms with E-state index < -0.39 is 0 Å². The number of ether oxygens (including phenoxy) is 2. The van der Waals surface area contributed by atoms with Gasteiger partial charge in [-0.05, 0) is 124 Å². The molecule has 0 aromatic heterocycles. The third kappa shape index (κ3) is 6.62. The molecule has 0 spiro atoms. The lowest BCUT2D eigenvalue weighted by Gasteiger charge is -2.45. The van der Waals surface area contributed by atoms with Crippen LogP contribution in [0.3, 0.4) is 0 Å². The number of fused-ring (bicyclic) bond motifs is 8. The molecule has 8 heteroatoms. The van der Waals surface area contributed by atoms with Crippen LogP contribution in [0.15, 0.2) is 267 Å². The SMILES string of the molecule is c1ccc(N(c2ccccc2)c2cc3c4c(c2)Oc2cc5c(cc2B4c2ccccc2O3)B2c3ccccc3N(c3ccccc3)c3cc(N(c4ccccc4)c4ccccc4)cc(c32)N5c2ccccc2)cc1. The van der Waals surface area contributed by atoms with Crippen LogP contribution in [0, 0.1) is 0 Å². The molecule has 4 heterocycles. The minimum absolute atomic E-state index is 0.129. The molecule has 11 aromatic rings. The fraction of sp³-hybridized carbons (Fsp3) is 0. The van der Waals surface area contributed by atoms with Crippen LogP contribution in [0.25, 0.3) is 0 Å². The van der Waals surface area contributed by atoms with Crippen LogP contribution in [0.2, 0.25) is 0 Å². The standard InChI is InChI=1S/C66H44B2N4O2/c1-7-23-45(24-8-1)69(46-25-9-2-10-26-46)51-39-59-65-60(40-51)72(50-33-17-6-18-34-50)58-44-62-56(43-55(58)67(65)53-35-19-21-37-57(53)71(59)49-31-15-5-16-32-49)68-54-36-20-22-38-61(54)73-63-41-52(42-64(74-62)66(63)68)70(47-27-11-3-12-28-47)48-29-13-4-14-30-48/h1-44H. The van der Waals surface area contributed by atoms with E-state index in [0.29, 0.717) is 0 Å². The van der Waals surface area contributed by atoms with E-state index in [1.54, 1.807) is 0 Å². The van der Waals surface area contributed by atoms with Gasteiger partial charge in [-0.25, -0.2) is 0 Å². The zero-order valence-electron chi connectivity index (χ0n) is 40.2. The van der Waals surface area contributed by atoms with Crippen molar-refractivity contribution in [3.8, 4) is 23.0 Å². The average Bonchev–Trinajstić information content (AvgIpc) is 3.47. The van der Waals surface area contributed by atoms with Crippen molar-refractivity contribution >= 4 is 114 Å². The smallest absolute Gasteiger partial charge is 0.260 e. The number of hydrogen-bond acceptors (Lipinski definition) is 6. The molecule has 0 fully saturated rings. The van der Waals surface area contributed by atoms with Gasteiger partial charge in [0.25, 0.3) is 13.4 Å². The van der Waals surface area contributed by atoms with E-state index in [1.165, 1.54) is 16.4 Å². The molecular weight excluding hydrogens is 902 g/mol. The van der Waals surface area contributed by atoms with Gasteiger partial charge in [0.2, 0.25) is 0 Å². The Morgan fingerprint density at radius 3 is 1.19 bits per heavy atom. The van der Waals surface area contributed by atoms with Crippen LogP contribution in [0.5, 0.6) is 23.0 Å². The molecule has 0 amide bonds. The molecule has 0 aliphatic carbocycles. The minimum atomic E-state index is -0.159. The van der Waals surface area contributed by atoms with Gasteiger partial charge in [-0.3, -0.25) is 0 Å². The molecule has 346 valence electrons. The van der Waals surface area contributed by atoms with Crippen molar-refractivity contribution in [1.82, 2.24) is 0 Å². The molecule has 6 nitrogen and oxygen atoms in total. The second kappa shape index (κ2) is 17.0. The number of hydrogen-bond donors (Lipinski definition) is 0. The summed E-state index contributed by atoms with van der Waals surface area (Å²) >= 11 is 0. The quantitative estimate of drug-likeness (QED) is 0.141. The van der Waals surface area contributed by atoms with Crippen molar-refractivity contribution < 1.29 is 9.47 Å². The summed E-state index contributed by atoms with van der Waals surface area (Å²) in [5.41, 5.74) is 19.8. The predicted molar refractivity (Wildman–Crippen MR) is 308 cm³/mol. The maximum Gasteiger partial charge on any atom is 0.260 e. The largest absolute Gasteiger partial charge is 0.458 e. The Kier molecular flexibility index (Phi) is 9.67. The third-order valence-corrected chi connectivity index (χ3v) is 15.1. The van der Waals surface area contributed by atoms with E-state index >= 15 is 0 Å². The van der Waals surface area contributed by atoms with Gasteiger partial charge in [-0.15, -0.1) is 0 Å². The van der Waals surface area contributed by atoms with Crippen molar-refractivity contribution in [3.63, 3.8) is 0 Å². The third-order valence-electron chi connectivity index (χ3n) is 15.1. The molecule has 4 aliphatic heterocycles. The second-order valence-electron chi connectivity index (χ2n) is 19.2. The Morgan fingerprint density at radius 2 is 0.662 bits per heavy atom. The van der Waals surface area contributed by atoms with E-state index in [-0.39, 0.29) is 13.4 Å². The van der Waals surface area contributed by atoms with E-state index in [0.717, 1.165) is 108 Å². The maximum absolute atomic E-state index is 7.42. The van der Waals surface area contributed by atoms with Crippen LogP contribution in [-0.2, 0) is 0 Å². The number of nitrogens with zero attached hydrogens (tertiary/aromatic N) is 4. The van der Waals surface area contributed by atoms with Crippen molar-refractivity contribution in [2.24, 2.45) is 0 Å². The van der Waals surface area contributed by atoms with Gasteiger partial charge in [0, 0.05) is 80.5 Å². The Balaban J connectivity index is 1.00. The number of rotatable bonds is 8. The monoisotopic (exact) mass is 946 g/mol. The summed E-state index contributed by atoms with van der Waals surface area (Å²) in [6.07, 6.45) is 0. The van der Waals surface area contributed by atoms with E-state index in [1.807, 2.05) is 0 Å². The molecular formula is C66H44B2N4O2. The summed E-state index contributed by atoms with van der Waals surface area (Å²) in [6, 6.07) is 95.6. The normalized spacial score (nSPS) is 13.0. The predicted octanol–water partition coefficient (Wildman–Crippen LogP) is 13.4. The summed E-state index contributed by atoms with van der Waals surface area (Å²) in [5, 5.41) is 0. The first kappa shape index (κ1) is 42.1. The summed E-state index contributed by atoms with van der Waals surface area (Å²) < 4.78 is 14.4. The molecule has 4 aliphatic rings. The summed E-state index contributed by atoms with van der Waals surface area (Å²) in [6.45, 7) is -0.288. The summed E-state index contributed by atoms with van der Waals surface area (Å²) in [7, 11) is 0. The average molecular weight is 947 g/mol. The fourth-order valence-electron chi connectivity index (χ4n) is 12.0. The Bertz CT molecular complexity index is 3860. The van der Waals surface area contributed by atoms with Gasteiger partial charge in [0.05, 0.1) is 11.4 Å². The number of benzene rings is 11. The molecule has 0 saturated carbocycles. The molecule has 0 atom stereocenters. The van der Waals surface area contributed by atoms with Gasteiger partial charge in [0.1, 0.15) is 23.0 Å². The van der Waals surface area contributed by atoms with Crippen LogP contribution in [0.1, 0.15) is 0 Å². The topological polar surface area (TPSA) is 31.4 Å². The van der Waals surface area contributed by atoms with Crippen LogP contribution >= 0.6 is 0 Å². The first-order valence-corrected chi connectivity index (χ1v) is 25.3. The zero-order chi connectivity index (χ0) is 48.7. The van der Waals surface area contributed by atoms with Crippen LogP contribution in [-0.4, -0.2) is 13.4 Å². The Morgan fingerprint density at radius 1 is 0.257 bits per heavy atom. The molecule has 0 radical (unpaired) electrons. The van der Waals surface area contributed by atoms with Crippen molar-refractivity contribution in [3.05, 3.63) is 267 Å².